The molecular formula is C26H24O5. The van der Waals surface area contributed by atoms with E-state index in [1.807, 2.05) is 56.3 Å². The summed E-state index contributed by atoms with van der Waals surface area (Å²) in [4.78, 5) is 13.3. The zero-order valence-corrected chi connectivity index (χ0v) is 18.0. The fourth-order valence-corrected chi connectivity index (χ4v) is 3.42. The molecule has 1 heterocycles. The van der Waals surface area contributed by atoms with Crippen molar-refractivity contribution in [2.24, 2.45) is 0 Å². The Hall–Kier alpha value is -3.73. The van der Waals surface area contributed by atoms with Crippen molar-refractivity contribution in [2.75, 3.05) is 14.2 Å². The molecule has 0 amide bonds. The molecule has 0 N–H and O–H groups in total. The molecule has 0 aliphatic carbocycles. The van der Waals surface area contributed by atoms with Crippen LogP contribution in [-0.4, -0.2) is 14.2 Å². The van der Waals surface area contributed by atoms with Gasteiger partial charge in [-0.2, -0.15) is 0 Å². The summed E-state index contributed by atoms with van der Waals surface area (Å²) >= 11 is 0. The van der Waals surface area contributed by atoms with Gasteiger partial charge in [-0.25, -0.2) is 0 Å². The van der Waals surface area contributed by atoms with E-state index < -0.39 is 0 Å². The Morgan fingerprint density at radius 1 is 0.806 bits per heavy atom. The maximum absolute atomic E-state index is 13.3. The van der Waals surface area contributed by atoms with Gasteiger partial charge in [-0.3, -0.25) is 4.79 Å². The van der Waals surface area contributed by atoms with Crippen molar-refractivity contribution in [1.82, 2.24) is 0 Å². The van der Waals surface area contributed by atoms with E-state index in [0.29, 0.717) is 33.8 Å². The molecule has 0 atom stereocenters. The van der Waals surface area contributed by atoms with Crippen LogP contribution < -0.4 is 19.6 Å². The Labute approximate surface area is 180 Å². The van der Waals surface area contributed by atoms with Crippen LogP contribution in [-0.2, 0) is 6.61 Å². The van der Waals surface area contributed by atoms with Gasteiger partial charge in [-0.15, -0.1) is 0 Å². The zero-order chi connectivity index (χ0) is 22.0. The van der Waals surface area contributed by atoms with Gasteiger partial charge in [-0.1, -0.05) is 35.9 Å². The molecule has 0 fully saturated rings. The summed E-state index contributed by atoms with van der Waals surface area (Å²) in [6, 6.07) is 18.9. The molecule has 158 valence electrons. The van der Waals surface area contributed by atoms with Crippen molar-refractivity contribution < 1.29 is 18.6 Å². The van der Waals surface area contributed by atoms with Crippen LogP contribution in [0, 0.1) is 13.8 Å². The molecule has 0 radical (unpaired) electrons. The van der Waals surface area contributed by atoms with Crippen molar-refractivity contribution in [3.8, 4) is 28.6 Å². The molecule has 31 heavy (non-hydrogen) atoms. The van der Waals surface area contributed by atoms with Gasteiger partial charge in [-0.05, 0) is 55.3 Å². The molecule has 4 aromatic rings. The molecule has 0 bridgehead atoms. The fourth-order valence-electron chi connectivity index (χ4n) is 3.42. The average Bonchev–Trinajstić information content (AvgIpc) is 2.78. The molecule has 0 saturated heterocycles. The van der Waals surface area contributed by atoms with Crippen LogP contribution >= 0.6 is 0 Å². The van der Waals surface area contributed by atoms with Crippen molar-refractivity contribution in [2.45, 2.75) is 20.5 Å². The molecule has 3 aromatic carbocycles. The van der Waals surface area contributed by atoms with E-state index in [9.17, 15) is 4.79 Å². The third-order valence-corrected chi connectivity index (χ3v) is 5.16. The second kappa shape index (κ2) is 8.56. The third-order valence-electron chi connectivity index (χ3n) is 5.16. The fraction of sp³-hybridized carbons (Fsp3) is 0.192. The Bertz CT molecular complexity index is 1290. The predicted octanol–water partition coefficient (Wildman–Crippen LogP) is 5.67. The van der Waals surface area contributed by atoms with Crippen LogP contribution in [0.25, 0.3) is 22.3 Å². The van der Waals surface area contributed by atoms with E-state index in [2.05, 4.69) is 0 Å². The molecule has 0 aliphatic heterocycles. The van der Waals surface area contributed by atoms with Gasteiger partial charge in [0.25, 0.3) is 0 Å². The van der Waals surface area contributed by atoms with Crippen molar-refractivity contribution in [3.05, 3.63) is 87.6 Å². The standard InChI is InChI=1S/C26H24O5/c1-16-5-8-18(9-6-16)15-30-26-24(27)20-11-7-17(2)13-22(20)31-25(26)19-10-12-21(28-3)23(14-19)29-4/h5-14H,15H2,1-4H3. The van der Waals surface area contributed by atoms with Crippen molar-refractivity contribution in [3.63, 3.8) is 0 Å². The number of rotatable bonds is 6. The van der Waals surface area contributed by atoms with Crippen molar-refractivity contribution >= 4 is 11.0 Å². The highest BCUT2D eigenvalue weighted by Gasteiger charge is 2.19. The van der Waals surface area contributed by atoms with Crippen molar-refractivity contribution in [1.29, 1.82) is 0 Å². The minimum Gasteiger partial charge on any atom is -0.493 e. The van der Waals surface area contributed by atoms with Gasteiger partial charge in [0.2, 0.25) is 11.2 Å². The van der Waals surface area contributed by atoms with Crippen LogP contribution in [0.3, 0.4) is 0 Å². The normalized spacial score (nSPS) is 10.8. The highest BCUT2D eigenvalue weighted by atomic mass is 16.5. The topological polar surface area (TPSA) is 57.9 Å². The Balaban J connectivity index is 1.86. The smallest absolute Gasteiger partial charge is 0.235 e. The number of benzene rings is 3. The van der Waals surface area contributed by atoms with Crippen LogP contribution in [0.5, 0.6) is 17.2 Å². The molecule has 0 unspecified atom stereocenters. The van der Waals surface area contributed by atoms with E-state index in [0.717, 1.165) is 16.7 Å². The highest BCUT2D eigenvalue weighted by Crippen LogP contribution is 2.37. The van der Waals surface area contributed by atoms with Crippen LogP contribution in [0.2, 0.25) is 0 Å². The van der Waals surface area contributed by atoms with Gasteiger partial charge in [0, 0.05) is 5.56 Å². The van der Waals surface area contributed by atoms with Gasteiger partial charge in [0.05, 0.1) is 19.6 Å². The summed E-state index contributed by atoms with van der Waals surface area (Å²) in [6.45, 7) is 4.24. The van der Waals surface area contributed by atoms with E-state index >= 15 is 0 Å². The Kier molecular flexibility index (Phi) is 5.67. The van der Waals surface area contributed by atoms with Gasteiger partial charge < -0.3 is 18.6 Å². The average molecular weight is 416 g/mol. The molecule has 0 spiro atoms. The highest BCUT2D eigenvalue weighted by molar-refractivity contribution is 5.83. The summed E-state index contributed by atoms with van der Waals surface area (Å²) in [5.41, 5.74) is 4.09. The van der Waals surface area contributed by atoms with E-state index in [4.69, 9.17) is 18.6 Å². The number of hydrogen-bond donors (Lipinski definition) is 0. The first-order valence-corrected chi connectivity index (χ1v) is 9.98. The number of ether oxygens (including phenoxy) is 3. The lowest BCUT2D eigenvalue weighted by Gasteiger charge is -2.14. The lowest BCUT2D eigenvalue weighted by molar-refractivity contribution is 0.298. The second-order valence-corrected chi connectivity index (χ2v) is 7.43. The second-order valence-electron chi connectivity index (χ2n) is 7.43. The number of methoxy groups -OCH3 is 2. The van der Waals surface area contributed by atoms with E-state index in [1.54, 1.807) is 32.4 Å². The van der Waals surface area contributed by atoms with Gasteiger partial charge in [0.15, 0.2) is 17.3 Å². The zero-order valence-electron chi connectivity index (χ0n) is 18.0. The summed E-state index contributed by atoms with van der Waals surface area (Å²) in [6.07, 6.45) is 0. The minimum absolute atomic E-state index is 0.171. The first-order chi connectivity index (χ1) is 15.0. The minimum atomic E-state index is -0.210. The largest absolute Gasteiger partial charge is 0.493 e. The molecule has 5 heteroatoms. The Morgan fingerprint density at radius 2 is 1.52 bits per heavy atom. The lowest BCUT2D eigenvalue weighted by atomic mass is 10.1. The molecule has 5 nitrogen and oxygen atoms in total. The van der Waals surface area contributed by atoms with Crippen LogP contribution in [0.15, 0.2) is 69.9 Å². The van der Waals surface area contributed by atoms with E-state index in [1.165, 1.54) is 0 Å². The van der Waals surface area contributed by atoms with Gasteiger partial charge >= 0.3 is 0 Å². The summed E-state index contributed by atoms with van der Waals surface area (Å²) < 4.78 is 23.0. The van der Waals surface area contributed by atoms with E-state index in [-0.39, 0.29) is 17.8 Å². The molecule has 0 aliphatic rings. The van der Waals surface area contributed by atoms with Crippen LogP contribution in [0.4, 0.5) is 0 Å². The number of fused-ring (bicyclic) bond motifs is 1. The predicted molar refractivity (Wildman–Crippen MR) is 121 cm³/mol. The first-order valence-electron chi connectivity index (χ1n) is 9.98. The number of aryl methyl sites for hydroxylation is 2. The lowest BCUT2D eigenvalue weighted by Crippen LogP contribution is -2.10. The van der Waals surface area contributed by atoms with Gasteiger partial charge in [0.1, 0.15) is 12.2 Å². The number of hydrogen-bond acceptors (Lipinski definition) is 5. The summed E-state index contributed by atoms with van der Waals surface area (Å²) in [7, 11) is 3.14. The monoisotopic (exact) mass is 416 g/mol. The SMILES string of the molecule is COc1ccc(-c2oc3cc(C)ccc3c(=O)c2OCc2ccc(C)cc2)cc1OC. The molecular weight excluding hydrogens is 392 g/mol. The Morgan fingerprint density at radius 3 is 2.23 bits per heavy atom. The molecule has 4 rings (SSSR count). The maximum atomic E-state index is 13.3. The quantitative estimate of drug-likeness (QED) is 0.405. The maximum Gasteiger partial charge on any atom is 0.235 e. The molecule has 0 saturated carbocycles. The molecule has 1 aromatic heterocycles. The summed E-state index contributed by atoms with van der Waals surface area (Å²) in [5, 5.41) is 0.480. The van der Waals surface area contributed by atoms with Crippen LogP contribution in [0.1, 0.15) is 16.7 Å². The first kappa shape index (κ1) is 20.5. The third kappa shape index (κ3) is 4.12. The summed E-state index contributed by atoms with van der Waals surface area (Å²) in [5.74, 6) is 1.66.